The quantitative estimate of drug-likeness (QED) is 0.211. The number of carbonyl (C=O) groups excluding carboxylic acids is 2. The predicted molar refractivity (Wildman–Crippen MR) is 145 cm³/mol. The number of ether oxygens (including phenoxy) is 3. The van der Waals surface area contributed by atoms with E-state index in [2.05, 4.69) is 15.9 Å². The van der Waals surface area contributed by atoms with E-state index in [9.17, 15) is 9.59 Å². The average molecular weight is 567 g/mol. The van der Waals surface area contributed by atoms with E-state index < -0.39 is 5.97 Å². The Balaban J connectivity index is 1.72. The molecule has 0 spiro atoms. The van der Waals surface area contributed by atoms with Crippen LogP contribution >= 0.6 is 28.1 Å². The molecule has 36 heavy (non-hydrogen) atoms. The minimum absolute atomic E-state index is 0.170. The molecule has 0 radical (unpaired) electrons. The third-order valence-electron chi connectivity index (χ3n) is 5.48. The summed E-state index contributed by atoms with van der Waals surface area (Å²) in [6.45, 7) is 0.141. The van der Waals surface area contributed by atoms with E-state index in [0.29, 0.717) is 29.4 Å². The molecule has 0 aliphatic carbocycles. The summed E-state index contributed by atoms with van der Waals surface area (Å²) in [6, 6.07) is 22.2. The first-order valence-electron chi connectivity index (χ1n) is 11.0. The fraction of sp³-hybridized carbons (Fsp3) is 0.148. The number of nitrogens with zero attached hydrogens (tertiary/aromatic N) is 2. The fourth-order valence-electron chi connectivity index (χ4n) is 3.63. The number of amides is 1. The lowest BCUT2D eigenvalue weighted by molar-refractivity contribution is -0.140. The van der Waals surface area contributed by atoms with Crippen LogP contribution in [0.3, 0.4) is 0 Å². The molecule has 0 aromatic heterocycles. The zero-order chi connectivity index (χ0) is 25.7. The van der Waals surface area contributed by atoms with Crippen LogP contribution in [0.1, 0.15) is 11.1 Å². The highest BCUT2D eigenvalue weighted by molar-refractivity contribution is 9.10. The topological polar surface area (TPSA) is 68.3 Å². The molecule has 0 bridgehead atoms. The molecule has 0 unspecified atom stereocenters. The van der Waals surface area contributed by atoms with E-state index in [-0.39, 0.29) is 23.3 Å². The fourth-order valence-corrected chi connectivity index (χ4v) is 4.36. The third-order valence-corrected chi connectivity index (χ3v) is 6.38. The molecule has 1 amide bonds. The first-order chi connectivity index (χ1) is 17.4. The van der Waals surface area contributed by atoms with Crippen molar-refractivity contribution < 1.29 is 23.8 Å². The lowest BCUT2D eigenvalue weighted by atomic mass is 10.1. The van der Waals surface area contributed by atoms with E-state index >= 15 is 0 Å². The SMILES string of the molecule is COC(=O)CN1C(=S)N(c2ccc(OC)cc2)C(=O)/C1=C/c1cc(Br)ccc1OCc1ccccc1. The second-order valence-corrected chi connectivity index (χ2v) is 9.05. The Morgan fingerprint density at radius 1 is 1.03 bits per heavy atom. The summed E-state index contributed by atoms with van der Waals surface area (Å²) < 4.78 is 16.9. The lowest BCUT2D eigenvalue weighted by Gasteiger charge is -2.19. The maximum absolute atomic E-state index is 13.6. The Kier molecular flexibility index (Phi) is 8.02. The van der Waals surface area contributed by atoms with E-state index in [4.69, 9.17) is 26.4 Å². The number of thiocarbonyl (C=S) groups is 1. The van der Waals surface area contributed by atoms with Crippen molar-refractivity contribution in [2.24, 2.45) is 0 Å². The number of hydrogen-bond acceptors (Lipinski definition) is 6. The number of anilines is 1. The minimum atomic E-state index is -0.526. The van der Waals surface area contributed by atoms with Gasteiger partial charge >= 0.3 is 5.97 Å². The minimum Gasteiger partial charge on any atom is -0.497 e. The van der Waals surface area contributed by atoms with Gasteiger partial charge in [0.05, 0.1) is 19.9 Å². The van der Waals surface area contributed by atoms with Crippen LogP contribution in [0.25, 0.3) is 6.08 Å². The van der Waals surface area contributed by atoms with Crippen LogP contribution in [-0.4, -0.2) is 42.7 Å². The van der Waals surface area contributed by atoms with Gasteiger partial charge in [0.25, 0.3) is 5.91 Å². The van der Waals surface area contributed by atoms with E-state index in [1.165, 1.54) is 16.9 Å². The highest BCUT2D eigenvalue weighted by atomic mass is 79.9. The second-order valence-electron chi connectivity index (χ2n) is 7.77. The molecule has 1 heterocycles. The molecule has 0 N–H and O–H groups in total. The van der Waals surface area contributed by atoms with Crippen molar-refractivity contribution >= 4 is 56.9 Å². The summed E-state index contributed by atoms with van der Waals surface area (Å²) in [5, 5.41) is 0.170. The standard InChI is InChI=1S/C27H23BrN2O5S/c1-33-22-11-9-21(10-12-22)30-26(32)23(29(27(30)36)16-25(31)34-2)15-19-14-20(28)8-13-24(19)35-17-18-6-4-3-5-7-18/h3-15H,16-17H2,1-2H3/b23-15-. The van der Waals surface area contributed by atoms with Crippen molar-refractivity contribution in [2.75, 3.05) is 25.7 Å². The Morgan fingerprint density at radius 3 is 2.42 bits per heavy atom. The van der Waals surface area contributed by atoms with Gasteiger partial charge in [0.1, 0.15) is 30.3 Å². The van der Waals surface area contributed by atoms with Gasteiger partial charge in [-0.1, -0.05) is 46.3 Å². The first-order valence-corrected chi connectivity index (χ1v) is 12.2. The van der Waals surface area contributed by atoms with Gasteiger partial charge in [0, 0.05) is 10.0 Å². The maximum Gasteiger partial charge on any atom is 0.325 e. The average Bonchev–Trinajstić information content (AvgIpc) is 3.12. The van der Waals surface area contributed by atoms with E-state index in [1.807, 2.05) is 48.5 Å². The van der Waals surface area contributed by atoms with Crippen molar-refractivity contribution in [2.45, 2.75) is 6.61 Å². The second kappa shape index (κ2) is 11.4. The molecular weight excluding hydrogens is 544 g/mol. The molecule has 1 aliphatic heterocycles. The normalized spacial score (nSPS) is 14.4. The molecule has 0 saturated carbocycles. The number of rotatable bonds is 8. The number of benzene rings is 3. The largest absolute Gasteiger partial charge is 0.497 e. The molecular formula is C27H23BrN2O5S. The van der Waals surface area contributed by atoms with Crippen molar-refractivity contribution in [3.05, 3.63) is 94.1 Å². The molecule has 4 rings (SSSR count). The lowest BCUT2D eigenvalue weighted by Crippen LogP contribution is -2.35. The Labute approximate surface area is 223 Å². The van der Waals surface area contributed by atoms with Gasteiger partial charge in [-0.3, -0.25) is 14.5 Å². The van der Waals surface area contributed by atoms with Gasteiger partial charge in [0.15, 0.2) is 5.11 Å². The molecule has 0 atom stereocenters. The van der Waals surface area contributed by atoms with Crippen LogP contribution in [0, 0.1) is 0 Å². The number of esters is 1. The monoisotopic (exact) mass is 566 g/mol. The number of hydrogen-bond donors (Lipinski definition) is 0. The van der Waals surface area contributed by atoms with Crippen LogP contribution in [0.5, 0.6) is 11.5 Å². The molecule has 184 valence electrons. The van der Waals surface area contributed by atoms with Crippen molar-refractivity contribution in [1.82, 2.24) is 4.90 Å². The van der Waals surface area contributed by atoms with Crippen LogP contribution in [0.4, 0.5) is 5.69 Å². The number of carbonyl (C=O) groups is 2. The molecule has 1 aliphatic rings. The summed E-state index contributed by atoms with van der Waals surface area (Å²) in [5.74, 6) is 0.326. The number of methoxy groups -OCH3 is 2. The summed E-state index contributed by atoms with van der Waals surface area (Å²) in [5.41, 5.74) is 2.44. The van der Waals surface area contributed by atoms with Crippen molar-refractivity contribution in [3.63, 3.8) is 0 Å². The van der Waals surface area contributed by atoms with Gasteiger partial charge in [-0.2, -0.15) is 0 Å². The summed E-state index contributed by atoms with van der Waals surface area (Å²) >= 11 is 9.12. The van der Waals surface area contributed by atoms with E-state index in [0.717, 1.165) is 10.0 Å². The van der Waals surface area contributed by atoms with Gasteiger partial charge in [-0.25, -0.2) is 0 Å². The van der Waals surface area contributed by atoms with Crippen molar-refractivity contribution in [3.8, 4) is 11.5 Å². The third kappa shape index (κ3) is 5.58. The first kappa shape index (κ1) is 25.4. The Hall–Kier alpha value is -3.69. The van der Waals surface area contributed by atoms with Gasteiger partial charge in [-0.05, 0) is 66.3 Å². The predicted octanol–water partition coefficient (Wildman–Crippen LogP) is 5.18. The van der Waals surface area contributed by atoms with Crippen molar-refractivity contribution in [1.29, 1.82) is 0 Å². The summed E-state index contributed by atoms with van der Waals surface area (Å²) in [6.07, 6.45) is 1.67. The highest BCUT2D eigenvalue weighted by Crippen LogP contribution is 2.33. The van der Waals surface area contributed by atoms with Crippen LogP contribution in [-0.2, 0) is 20.9 Å². The molecule has 3 aromatic carbocycles. The maximum atomic E-state index is 13.6. The molecule has 1 saturated heterocycles. The zero-order valence-corrected chi connectivity index (χ0v) is 22.0. The smallest absolute Gasteiger partial charge is 0.325 e. The molecule has 7 nitrogen and oxygen atoms in total. The molecule has 3 aromatic rings. The Morgan fingerprint density at radius 2 is 1.75 bits per heavy atom. The summed E-state index contributed by atoms with van der Waals surface area (Å²) in [7, 11) is 2.85. The highest BCUT2D eigenvalue weighted by Gasteiger charge is 2.40. The molecule has 9 heteroatoms. The van der Waals surface area contributed by atoms with Crippen LogP contribution in [0.2, 0.25) is 0 Å². The number of halogens is 1. The van der Waals surface area contributed by atoms with E-state index in [1.54, 1.807) is 37.5 Å². The zero-order valence-electron chi connectivity index (χ0n) is 19.6. The Bertz CT molecular complexity index is 1310. The van der Waals surface area contributed by atoms with Crippen LogP contribution < -0.4 is 14.4 Å². The summed E-state index contributed by atoms with van der Waals surface area (Å²) in [4.78, 5) is 28.7. The van der Waals surface area contributed by atoms with Crippen LogP contribution in [0.15, 0.2) is 83.0 Å². The van der Waals surface area contributed by atoms with Gasteiger partial charge in [0.2, 0.25) is 0 Å². The van der Waals surface area contributed by atoms with Gasteiger partial charge < -0.3 is 19.1 Å². The van der Waals surface area contributed by atoms with Gasteiger partial charge in [-0.15, -0.1) is 0 Å². The molecule has 1 fully saturated rings.